The number of carbonyl (C=O) groups is 1. The number of rotatable bonds is 3. The molecule has 1 saturated heterocycles. The highest BCUT2D eigenvalue weighted by Crippen LogP contribution is 2.38. The summed E-state index contributed by atoms with van der Waals surface area (Å²) in [5.74, 6) is -0.649. The van der Waals surface area contributed by atoms with E-state index in [1.165, 1.54) is 4.70 Å². The van der Waals surface area contributed by atoms with Gasteiger partial charge in [0.05, 0.1) is 15.6 Å². The lowest BCUT2D eigenvalue weighted by molar-refractivity contribution is -0.150. The van der Waals surface area contributed by atoms with Crippen molar-refractivity contribution in [1.82, 2.24) is 4.98 Å². The van der Waals surface area contributed by atoms with Gasteiger partial charge in [-0.05, 0) is 31.4 Å². The third-order valence-electron chi connectivity index (χ3n) is 4.40. The molecule has 1 aliphatic heterocycles. The Hall–Kier alpha value is -1.62. The highest BCUT2D eigenvalue weighted by Gasteiger charge is 2.40. The molecule has 1 aromatic carbocycles. The van der Waals surface area contributed by atoms with Crippen LogP contribution in [0.25, 0.3) is 10.2 Å². The molecule has 5 heteroatoms. The molecule has 1 N–H and O–H groups in total. The molecule has 2 heterocycles. The number of hydrogen-bond acceptors (Lipinski definition) is 4. The van der Waals surface area contributed by atoms with Crippen LogP contribution in [0.3, 0.4) is 0 Å². The lowest BCUT2D eigenvalue weighted by Gasteiger charge is -2.38. The topological polar surface area (TPSA) is 53.4 Å². The quantitative estimate of drug-likeness (QED) is 0.941. The number of fused-ring (bicyclic) bond motifs is 1. The number of carboxylic acids is 1. The van der Waals surface area contributed by atoms with Crippen molar-refractivity contribution >= 4 is 32.7 Å². The zero-order valence-corrected chi connectivity index (χ0v) is 12.3. The lowest BCUT2D eigenvalue weighted by Crippen LogP contribution is -2.44. The molecular weight excluding hydrogens is 272 g/mol. The van der Waals surface area contributed by atoms with E-state index in [0.717, 1.165) is 23.7 Å². The normalized spacial score (nSPS) is 18.4. The Bertz CT molecular complexity index is 597. The second kappa shape index (κ2) is 5.05. The summed E-state index contributed by atoms with van der Waals surface area (Å²) < 4.78 is 1.19. The molecule has 1 fully saturated rings. The molecule has 0 unspecified atom stereocenters. The highest BCUT2D eigenvalue weighted by atomic mass is 32.1. The van der Waals surface area contributed by atoms with Gasteiger partial charge in [0.25, 0.3) is 0 Å². The fourth-order valence-electron chi connectivity index (χ4n) is 2.84. The van der Waals surface area contributed by atoms with Crippen LogP contribution in [0.4, 0.5) is 5.13 Å². The Labute approximate surface area is 122 Å². The van der Waals surface area contributed by atoms with E-state index in [-0.39, 0.29) is 0 Å². The Morgan fingerprint density at radius 1 is 1.40 bits per heavy atom. The molecule has 0 saturated carbocycles. The highest BCUT2D eigenvalue weighted by molar-refractivity contribution is 7.22. The van der Waals surface area contributed by atoms with Gasteiger partial charge >= 0.3 is 5.97 Å². The summed E-state index contributed by atoms with van der Waals surface area (Å²) in [7, 11) is 0. The first-order valence-corrected chi connectivity index (χ1v) is 7.80. The molecule has 3 rings (SSSR count). The molecular formula is C15H18N2O2S. The second-order valence-corrected chi connectivity index (χ2v) is 6.40. The van der Waals surface area contributed by atoms with Crippen molar-refractivity contribution in [3.8, 4) is 0 Å². The van der Waals surface area contributed by atoms with Gasteiger partial charge in [0, 0.05) is 13.1 Å². The van der Waals surface area contributed by atoms with E-state index >= 15 is 0 Å². The number of benzene rings is 1. The van der Waals surface area contributed by atoms with Crippen LogP contribution in [0.5, 0.6) is 0 Å². The average Bonchev–Trinajstić information content (AvgIpc) is 2.91. The summed E-state index contributed by atoms with van der Waals surface area (Å²) in [6.45, 7) is 3.53. The van der Waals surface area contributed by atoms with Gasteiger partial charge in [0.1, 0.15) is 0 Å². The van der Waals surface area contributed by atoms with E-state index in [2.05, 4.69) is 16.0 Å². The molecule has 0 aliphatic carbocycles. The summed E-state index contributed by atoms with van der Waals surface area (Å²) in [5, 5.41) is 10.4. The molecule has 0 atom stereocenters. The number of aromatic nitrogens is 1. The standard InChI is InChI=1S/C15H18N2O2S/c1-2-15(13(18)19)7-9-17(10-8-15)14-16-11-5-3-4-6-12(11)20-14/h3-6H,2,7-10H2,1H3,(H,18,19). The van der Waals surface area contributed by atoms with E-state index in [1.807, 2.05) is 25.1 Å². The maximum absolute atomic E-state index is 11.5. The zero-order valence-electron chi connectivity index (χ0n) is 11.5. The van der Waals surface area contributed by atoms with Gasteiger partial charge < -0.3 is 10.0 Å². The van der Waals surface area contributed by atoms with E-state index in [4.69, 9.17) is 0 Å². The molecule has 1 aliphatic rings. The van der Waals surface area contributed by atoms with Crippen molar-refractivity contribution in [2.24, 2.45) is 5.41 Å². The van der Waals surface area contributed by atoms with Gasteiger partial charge in [-0.2, -0.15) is 0 Å². The molecule has 1 aromatic heterocycles. The first-order chi connectivity index (χ1) is 9.64. The monoisotopic (exact) mass is 290 g/mol. The fraction of sp³-hybridized carbons (Fsp3) is 0.467. The van der Waals surface area contributed by atoms with E-state index in [0.29, 0.717) is 19.3 Å². The van der Waals surface area contributed by atoms with Crippen LogP contribution in [0.2, 0.25) is 0 Å². The van der Waals surface area contributed by atoms with Crippen molar-refractivity contribution < 1.29 is 9.90 Å². The van der Waals surface area contributed by atoms with Crippen molar-refractivity contribution in [2.45, 2.75) is 26.2 Å². The van der Waals surface area contributed by atoms with Crippen LogP contribution in [0.15, 0.2) is 24.3 Å². The van der Waals surface area contributed by atoms with Gasteiger partial charge in [-0.1, -0.05) is 30.4 Å². The maximum Gasteiger partial charge on any atom is 0.309 e. The van der Waals surface area contributed by atoms with Crippen molar-refractivity contribution in [3.63, 3.8) is 0 Å². The Morgan fingerprint density at radius 3 is 2.70 bits per heavy atom. The minimum Gasteiger partial charge on any atom is -0.481 e. The number of aliphatic carboxylic acids is 1. The van der Waals surface area contributed by atoms with Crippen LogP contribution < -0.4 is 4.90 Å². The lowest BCUT2D eigenvalue weighted by atomic mass is 9.76. The number of nitrogens with zero attached hydrogens (tertiary/aromatic N) is 2. The Balaban J connectivity index is 1.79. The second-order valence-electron chi connectivity index (χ2n) is 5.39. The van der Waals surface area contributed by atoms with Crippen LogP contribution >= 0.6 is 11.3 Å². The van der Waals surface area contributed by atoms with Gasteiger partial charge in [-0.15, -0.1) is 0 Å². The summed E-state index contributed by atoms with van der Waals surface area (Å²) in [5.41, 5.74) is 0.491. The number of anilines is 1. The van der Waals surface area contributed by atoms with Crippen LogP contribution in [0, 0.1) is 5.41 Å². The molecule has 0 bridgehead atoms. The number of carboxylic acid groups (broad SMARTS) is 1. The first kappa shape index (κ1) is 13.4. The number of hydrogen-bond donors (Lipinski definition) is 1. The molecule has 0 spiro atoms. The van der Waals surface area contributed by atoms with E-state index in [9.17, 15) is 9.90 Å². The number of para-hydroxylation sites is 1. The van der Waals surface area contributed by atoms with Crippen molar-refractivity contribution in [3.05, 3.63) is 24.3 Å². The molecule has 106 valence electrons. The number of thiazole rings is 1. The Kier molecular flexibility index (Phi) is 3.38. The third kappa shape index (κ3) is 2.16. The third-order valence-corrected chi connectivity index (χ3v) is 5.50. The van der Waals surface area contributed by atoms with Gasteiger partial charge in [-0.3, -0.25) is 4.79 Å². The summed E-state index contributed by atoms with van der Waals surface area (Å²) in [6, 6.07) is 8.11. The molecule has 20 heavy (non-hydrogen) atoms. The summed E-state index contributed by atoms with van der Waals surface area (Å²) >= 11 is 1.69. The smallest absolute Gasteiger partial charge is 0.309 e. The fourth-order valence-corrected chi connectivity index (χ4v) is 3.86. The molecule has 0 amide bonds. The Morgan fingerprint density at radius 2 is 2.10 bits per heavy atom. The van der Waals surface area contributed by atoms with Crippen LogP contribution in [0.1, 0.15) is 26.2 Å². The number of piperidine rings is 1. The minimum absolute atomic E-state index is 0.535. The van der Waals surface area contributed by atoms with Gasteiger partial charge in [0.2, 0.25) is 0 Å². The first-order valence-electron chi connectivity index (χ1n) is 6.98. The largest absolute Gasteiger partial charge is 0.481 e. The summed E-state index contributed by atoms with van der Waals surface area (Å²) in [6.07, 6.45) is 2.11. The SMILES string of the molecule is CCC1(C(=O)O)CCN(c2nc3ccccc3s2)CC1. The van der Waals surface area contributed by atoms with Crippen molar-refractivity contribution in [2.75, 3.05) is 18.0 Å². The van der Waals surface area contributed by atoms with Crippen LogP contribution in [-0.4, -0.2) is 29.1 Å². The molecule has 0 radical (unpaired) electrons. The minimum atomic E-state index is -0.649. The van der Waals surface area contributed by atoms with E-state index in [1.54, 1.807) is 11.3 Å². The molecule has 2 aromatic rings. The predicted molar refractivity (Wildman–Crippen MR) is 81.4 cm³/mol. The van der Waals surface area contributed by atoms with E-state index < -0.39 is 11.4 Å². The predicted octanol–water partition coefficient (Wildman–Crippen LogP) is 3.38. The zero-order chi connectivity index (χ0) is 14.2. The van der Waals surface area contributed by atoms with Gasteiger partial charge in [-0.25, -0.2) is 4.98 Å². The summed E-state index contributed by atoms with van der Waals surface area (Å²) in [4.78, 5) is 18.3. The van der Waals surface area contributed by atoms with Crippen molar-refractivity contribution in [1.29, 1.82) is 0 Å². The molecule has 4 nitrogen and oxygen atoms in total. The maximum atomic E-state index is 11.5. The average molecular weight is 290 g/mol. The van der Waals surface area contributed by atoms with Gasteiger partial charge in [0.15, 0.2) is 5.13 Å². The van der Waals surface area contributed by atoms with Crippen LogP contribution in [-0.2, 0) is 4.79 Å².